The maximum absolute atomic E-state index is 6.35. The number of benzene rings is 1. The van der Waals surface area contributed by atoms with Crippen molar-refractivity contribution in [2.45, 2.75) is 65.0 Å². The first-order chi connectivity index (χ1) is 12.6. The molecule has 0 bridgehead atoms. The van der Waals surface area contributed by atoms with Crippen molar-refractivity contribution in [3.8, 4) is 0 Å². The molecule has 0 spiro atoms. The Labute approximate surface area is 171 Å². The number of hydrogen-bond donors (Lipinski definition) is 0. The predicted molar refractivity (Wildman–Crippen MR) is 116 cm³/mol. The number of halogens is 1. The number of nitrogens with zero attached hydrogens (tertiary/aromatic N) is 2. The summed E-state index contributed by atoms with van der Waals surface area (Å²) in [4.78, 5) is 4.61. The quantitative estimate of drug-likeness (QED) is 0.387. The van der Waals surface area contributed by atoms with E-state index < -0.39 is 8.32 Å². The van der Waals surface area contributed by atoms with E-state index in [-0.39, 0.29) is 5.04 Å². The van der Waals surface area contributed by atoms with Crippen LogP contribution in [-0.2, 0) is 15.8 Å². The molecule has 0 aromatic heterocycles. The van der Waals surface area contributed by atoms with Gasteiger partial charge in [0.15, 0.2) is 8.32 Å². The minimum absolute atomic E-state index is 0.234. The van der Waals surface area contributed by atoms with Crippen molar-refractivity contribution in [1.29, 1.82) is 0 Å². The molecule has 0 amide bonds. The van der Waals surface area contributed by atoms with Gasteiger partial charge in [0.1, 0.15) is 6.73 Å². The first-order valence-electron chi connectivity index (χ1n) is 9.77. The molecule has 1 unspecified atom stereocenters. The number of ether oxygens (including phenoxy) is 1. The van der Waals surface area contributed by atoms with E-state index in [2.05, 4.69) is 63.0 Å². The van der Waals surface area contributed by atoms with Crippen LogP contribution < -0.4 is 0 Å². The monoisotopic (exact) mass is 410 g/mol. The van der Waals surface area contributed by atoms with Crippen LogP contribution in [0.1, 0.15) is 39.7 Å². The van der Waals surface area contributed by atoms with Gasteiger partial charge < -0.3 is 19.0 Å². The summed E-state index contributed by atoms with van der Waals surface area (Å²) in [5.41, 5.74) is 1.04. The highest BCUT2D eigenvalue weighted by Crippen LogP contribution is 2.36. The number of hydrogen-bond acceptors (Lipinski definition) is 4. The molecular formula is C21H35ClN2O2Si. The summed E-state index contributed by atoms with van der Waals surface area (Å²) in [6.45, 7) is 16.6. The zero-order valence-corrected chi connectivity index (χ0v) is 19.4. The van der Waals surface area contributed by atoms with Crippen LogP contribution in [0.2, 0.25) is 23.2 Å². The average Bonchev–Trinajstić information content (AvgIpc) is 2.93. The third-order valence-corrected chi connectivity index (χ3v) is 10.5. The lowest BCUT2D eigenvalue weighted by molar-refractivity contribution is 0.0715. The Kier molecular flexibility index (Phi) is 7.80. The van der Waals surface area contributed by atoms with Gasteiger partial charge in [-0.25, -0.2) is 0 Å². The molecule has 27 heavy (non-hydrogen) atoms. The van der Waals surface area contributed by atoms with E-state index in [0.717, 1.165) is 30.2 Å². The molecule has 0 N–H and O–H groups in total. The molecular weight excluding hydrogens is 376 g/mol. The summed E-state index contributed by atoms with van der Waals surface area (Å²) < 4.78 is 12.1. The Morgan fingerprint density at radius 1 is 1.11 bits per heavy atom. The summed E-state index contributed by atoms with van der Waals surface area (Å²) in [7, 11) is -1.72. The van der Waals surface area contributed by atoms with Crippen molar-refractivity contribution in [2.75, 3.05) is 19.9 Å². The van der Waals surface area contributed by atoms with E-state index in [1.807, 2.05) is 24.3 Å². The number of rotatable bonds is 9. The van der Waals surface area contributed by atoms with Gasteiger partial charge in [-0.1, -0.05) is 50.6 Å². The Balaban J connectivity index is 1.67. The molecule has 152 valence electrons. The van der Waals surface area contributed by atoms with Gasteiger partial charge in [0.25, 0.3) is 0 Å². The molecule has 0 radical (unpaired) electrons. The highest BCUT2D eigenvalue weighted by molar-refractivity contribution is 6.74. The van der Waals surface area contributed by atoms with Gasteiger partial charge >= 0.3 is 0 Å². The molecule has 0 fully saturated rings. The van der Waals surface area contributed by atoms with Crippen LogP contribution in [0, 0.1) is 0 Å². The van der Waals surface area contributed by atoms with Gasteiger partial charge in [0.05, 0.1) is 12.8 Å². The Morgan fingerprint density at radius 2 is 1.78 bits per heavy atom. The van der Waals surface area contributed by atoms with E-state index in [9.17, 15) is 0 Å². The Morgan fingerprint density at radius 3 is 2.44 bits per heavy atom. The zero-order chi connectivity index (χ0) is 20.1. The van der Waals surface area contributed by atoms with Crippen molar-refractivity contribution in [1.82, 2.24) is 9.80 Å². The second-order valence-electron chi connectivity index (χ2n) is 8.71. The minimum atomic E-state index is -1.72. The van der Waals surface area contributed by atoms with E-state index in [0.29, 0.717) is 19.5 Å². The van der Waals surface area contributed by atoms with Crippen LogP contribution in [-0.4, -0.2) is 44.2 Å². The van der Waals surface area contributed by atoms with Gasteiger partial charge in [-0.3, -0.25) is 0 Å². The molecule has 1 aliphatic heterocycles. The van der Waals surface area contributed by atoms with Crippen LogP contribution in [0.25, 0.3) is 0 Å². The lowest BCUT2D eigenvalue weighted by Gasteiger charge is -2.38. The lowest BCUT2D eigenvalue weighted by atomic mass is 10.2. The summed E-state index contributed by atoms with van der Waals surface area (Å²) in [5, 5.41) is 1.00. The second-order valence-corrected chi connectivity index (χ2v) is 13.9. The normalized spacial score (nSPS) is 17.8. The van der Waals surface area contributed by atoms with Gasteiger partial charge in [-0.15, -0.1) is 0 Å². The summed E-state index contributed by atoms with van der Waals surface area (Å²) in [6, 6.07) is 7.83. The van der Waals surface area contributed by atoms with Crippen molar-refractivity contribution in [3.63, 3.8) is 0 Å². The fourth-order valence-corrected chi connectivity index (χ4v) is 3.72. The highest BCUT2D eigenvalue weighted by atomic mass is 35.5. The average molecular weight is 411 g/mol. The van der Waals surface area contributed by atoms with Gasteiger partial charge in [0, 0.05) is 30.6 Å². The fraction of sp³-hybridized carbons (Fsp3) is 0.619. The first kappa shape index (κ1) is 22.3. The van der Waals surface area contributed by atoms with E-state index in [4.69, 9.17) is 20.8 Å². The van der Waals surface area contributed by atoms with Gasteiger partial charge in [0.2, 0.25) is 0 Å². The second kappa shape index (κ2) is 9.46. The molecule has 1 heterocycles. The van der Waals surface area contributed by atoms with Gasteiger partial charge in [-0.05, 0) is 43.1 Å². The smallest absolute Gasteiger partial charge is 0.194 e. The molecule has 0 saturated heterocycles. The molecule has 2 rings (SSSR count). The molecule has 0 aliphatic carbocycles. The SMILES string of the molecule is CC1N(CCCOCc2ccccc2Cl)C=CN1CO[Si](C)(C)C(C)(C)C. The maximum atomic E-state index is 6.35. The zero-order valence-electron chi connectivity index (χ0n) is 17.7. The maximum Gasteiger partial charge on any atom is 0.194 e. The van der Waals surface area contributed by atoms with E-state index in [1.165, 1.54) is 0 Å². The van der Waals surface area contributed by atoms with Crippen molar-refractivity contribution < 1.29 is 9.16 Å². The molecule has 1 atom stereocenters. The topological polar surface area (TPSA) is 24.9 Å². The van der Waals surface area contributed by atoms with E-state index in [1.54, 1.807) is 0 Å². The van der Waals surface area contributed by atoms with Crippen molar-refractivity contribution >= 4 is 19.9 Å². The third kappa shape index (κ3) is 6.24. The minimum Gasteiger partial charge on any atom is -0.400 e. The molecule has 4 nitrogen and oxygen atoms in total. The highest BCUT2D eigenvalue weighted by Gasteiger charge is 2.38. The fourth-order valence-electron chi connectivity index (χ4n) is 2.62. The van der Waals surface area contributed by atoms with Gasteiger partial charge in [-0.2, -0.15) is 0 Å². The standard InChI is InChI=1S/C21H35ClN2O2Si/c1-18-23(12-9-15-25-16-19-10-7-8-11-20(19)22)13-14-24(18)17-26-27(5,6)21(2,3)4/h7-8,10-11,13-14,18H,9,12,15-17H2,1-6H3. The largest absolute Gasteiger partial charge is 0.400 e. The summed E-state index contributed by atoms with van der Waals surface area (Å²) in [6.07, 6.45) is 5.60. The molecule has 1 aliphatic rings. The molecule has 0 saturated carbocycles. The van der Waals surface area contributed by atoms with Crippen LogP contribution in [0.5, 0.6) is 0 Å². The summed E-state index contributed by atoms with van der Waals surface area (Å²) in [5.74, 6) is 0. The van der Waals surface area contributed by atoms with Crippen molar-refractivity contribution in [3.05, 3.63) is 47.3 Å². The van der Waals surface area contributed by atoms with Crippen molar-refractivity contribution in [2.24, 2.45) is 0 Å². The first-order valence-corrected chi connectivity index (χ1v) is 13.1. The molecule has 1 aromatic carbocycles. The molecule has 1 aromatic rings. The van der Waals surface area contributed by atoms with Crippen LogP contribution in [0.3, 0.4) is 0 Å². The van der Waals surface area contributed by atoms with Crippen LogP contribution in [0.15, 0.2) is 36.7 Å². The molecule has 6 heteroatoms. The van der Waals surface area contributed by atoms with E-state index >= 15 is 0 Å². The Hall–Kier alpha value is -1.01. The van der Waals surface area contributed by atoms with Crippen LogP contribution in [0.4, 0.5) is 0 Å². The predicted octanol–water partition coefficient (Wildman–Crippen LogP) is 5.66. The third-order valence-electron chi connectivity index (χ3n) is 5.71. The Bertz CT molecular complexity index is 631. The van der Waals surface area contributed by atoms with Crippen LogP contribution >= 0.6 is 11.6 Å². The summed E-state index contributed by atoms with van der Waals surface area (Å²) >= 11 is 6.15. The lowest BCUT2D eigenvalue weighted by Crippen LogP contribution is -2.45.